The molecule has 1 unspecified atom stereocenters. The minimum atomic E-state index is -0.762. The van der Waals surface area contributed by atoms with Crippen LogP contribution in [0.4, 0.5) is 5.69 Å². The zero-order valence-corrected chi connectivity index (χ0v) is 18.3. The lowest BCUT2D eigenvalue weighted by Gasteiger charge is -2.30. The van der Waals surface area contributed by atoms with E-state index in [0.717, 1.165) is 16.8 Å². The SMILES string of the molecule is O=C1C(c2cc3c(cc2O)OCCO3)c2ncccc2N1C(c1ccccc1)c1ccccc1. The normalized spacial score (nSPS) is 16.6. The number of carbonyl (C=O) groups is 1. The van der Waals surface area contributed by atoms with Crippen LogP contribution in [-0.2, 0) is 4.79 Å². The van der Waals surface area contributed by atoms with Gasteiger partial charge in [0, 0.05) is 17.8 Å². The molecule has 0 aliphatic carbocycles. The third-order valence-corrected chi connectivity index (χ3v) is 6.32. The number of phenolic OH excluding ortho intramolecular Hbond substituents is 1. The highest BCUT2D eigenvalue weighted by Crippen LogP contribution is 2.49. The van der Waals surface area contributed by atoms with E-state index in [4.69, 9.17) is 9.47 Å². The molecule has 3 heterocycles. The van der Waals surface area contributed by atoms with Gasteiger partial charge in [-0.05, 0) is 29.3 Å². The van der Waals surface area contributed by atoms with Gasteiger partial charge in [0.2, 0.25) is 5.91 Å². The van der Waals surface area contributed by atoms with Crippen LogP contribution in [0.2, 0.25) is 0 Å². The quantitative estimate of drug-likeness (QED) is 0.482. The van der Waals surface area contributed by atoms with Gasteiger partial charge < -0.3 is 14.6 Å². The Labute approximate surface area is 197 Å². The summed E-state index contributed by atoms with van der Waals surface area (Å²) in [4.78, 5) is 20.6. The summed E-state index contributed by atoms with van der Waals surface area (Å²) in [5, 5.41) is 10.9. The number of benzene rings is 3. The first-order valence-corrected chi connectivity index (χ1v) is 11.2. The van der Waals surface area contributed by atoms with Gasteiger partial charge in [-0.2, -0.15) is 0 Å². The molecule has 1 N–H and O–H groups in total. The summed E-state index contributed by atoms with van der Waals surface area (Å²) in [6.07, 6.45) is 1.68. The second-order valence-electron chi connectivity index (χ2n) is 8.33. The number of rotatable bonds is 4. The summed E-state index contributed by atoms with van der Waals surface area (Å²) in [6, 6.07) is 26.5. The highest BCUT2D eigenvalue weighted by molar-refractivity contribution is 6.07. The van der Waals surface area contributed by atoms with E-state index in [9.17, 15) is 9.90 Å². The lowest BCUT2D eigenvalue weighted by atomic mass is 9.94. The molecule has 0 saturated carbocycles. The van der Waals surface area contributed by atoms with Crippen molar-refractivity contribution in [1.82, 2.24) is 4.98 Å². The van der Waals surface area contributed by atoms with Gasteiger partial charge in [-0.15, -0.1) is 0 Å². The average molecular weight is 450 g/mol. The van der Waals surface area contributed by atoms with E-state index in [1.165, 1.54) is 6.07 Å². The van der Waals surface area contributed by atoms with Crippen molar-refractivity contribution in [2.45, 2.75) is 12.0 Å². The number of nitrogens with zero attached hydrogens (tertiary/aromatic N) is 2. The van der Waals surface area contributed by atoms with Crippen molar-refractivity contribution < 1.29 is 19.4 Å². The molecule has 6 rings (SSSR count). The van der Waals surface area contributed by atoms with Crippen molar-refractivity contribution in [3.63, 3.8) is 0 Å². The molecule has 1 amide bonds. The van der Waals surface area contributed by atoms with E-state index in [-0.39, 0.29) is 17.7 Å². The van der Waals surface area contributed by atoms with E-state index in [2.05, 4.69) is 4.98 Å². The van der Waals surface area contributed by atoms with Crippen LogP contribution in [0.3, 0.4) is 0 Å². The first-order chi connectivity index (χ1) is 16.7. The Morgan fingerprint density at radius 3 is 2.12 bits per heavy atom. The van der Waals surface area contributed by atoms with Gasteiger partial charge in [0.1, 0.15) is 24.9 Å². The number of amides is 1. The van der Waals surface area contributed by atoms with Gasteiger partial charge in [-0.25, -0.2) is 0 Å². The minimum absolute atomic E-state index is 0.0166. The maximum Gasteiger partial charge on any atom is 0.241 e. The number of fused-ring (bicyclic) bond motifs is 2. The molecule has 1 atom stereocenters. The number of aromatic hydroxyl groups is 1. The van der Waals surface area contributed by atoms with Crippen molar-refractivity contribution in [2.75, 3.05) is 18.1 Å². The van der Waals surface area contributed by atoms with Crippen molar-refractivity contribution in [3.05, 3.63) is 114 Å². The number of aromatic nitrogens is 1. The fourth-order valence-corrected chi connectivity index (χ4v) is 4.84. The van der Waals surface area contributed by atoms with Crippen molar-refractivity contribution in [1.29, 1.82) is 0 Å². The van der Waals surface area contributed by atoms with Crippen LogP contribution < -0.4 is 14.4 Å². The predicted molar refractivity (Wildman–Crippen MR) is 127 cm³/mol. The highest BCUT2D eigenvalue weighted by atomic mass is 16.6. The molecule has 0 saturated heterocycles. The molecule has 0 fully saturated rings. The smallest absolute Gasteiger partial charge is 0.241 e. The number of carbonyl (C=O) groups excluding carboxylic acids is 1. The Morgan fingerprint density at radius 2 is 1.47 bits per heavy atom. The number of phenols is 1. The third kappa shape index (κ3) is 3.27. The number of hydrogen-bond acceptors (Lipinski definition) is 5. The molecule has 1 aromatic heterocycles. The Balaban J connectivity index is 1.52. The zero-order valence-electron chi connectivity index (χ0n) is 18.3. The van der Waals surface area contributed by atoms with Crippen LogP contribution in [0.25, 0.3) is 0 Å². The van der Waals surface area contributed by atoms with Crippen LogP contribution in [0.5, 0.6) is 17.2 Å². The fraction of sp³-hybridized carbons (Fsp3) is 0.143. The number of anilines is 1. The summed E-state index contributed by atoms with van der Waals surface area (Å²) in [7, 11) is 0. The fourth-order valence-electron chi connectivity index (χ4n) is 4.84. The monoisotopic (exact) mass is 450 g/mol. The van der Waals surface area contributed by atoms with E-state index in [0.29, 0.717) is 36.0 Å². The maximum absolute atomic E-state index is 14.2. The van der Waals surface area contributed by atoms with Gasteiger partial charge in [-0.3, -0.25) is 14.7 Å². The summed E-state index contributed by atoms with van der Waals surface area (Å²) < 4.78 is 11.3. The Kier molecular flexibility index (Phi) is 4.91. The van der Waals surface area contributed by atoms with Crippen molar-refractivity contribution in [3.8, 4) is 17.2 Å². The number of pyridine rings is 1. The molecule has 168 valence electrons. The summed E-state index contributed by atoms with van der Waals surface area (Å²) in [5.41, 5.74) is 3.77. The van der Waals surface area contributed by atoms with Crippen LogP contribution in [0, 0.1) is 0 Å². The van der Waals surface area contributed by atoms with Crippen LogP contribution in [0.15, 0.2) is 91.1 Å². The average Bonchev–Trinajstić information content (AvgIpc) is 3.17. The molecule has 4 aromatic rings. The largest absolute Gasteiger partial charge is 0.507 e. The molecule has 2 aliphatic rings. The summed E-state index contributed by atoms with van der Waals surface area (Å²) in [5.74, 6) is 0.0605. The van der Waals surface area contributed by atoms with Crippen LogP contribution in [0.1, 0.15) is 34.3 Å². The maximum atomic E-state index is 14.2. The second-order valence-corrected chi connectivity index (χ2v) is 8.33. The lowest BCUT2D eigenvalue weighted by molar-refractivity contribution is -0.118. The van der Waals surface area contributed by atoms with Gasteiger partial charge >= 0.3 is 0 Å². The second kappa shape index (κ2) is 8.23. The van der Waals surface area contributed by atoms with Gasteiger partial charge in [0.25, 0.3) is 0 Å². The van der Waals surface area contributed by atoms with Gasteiger partial charge in [-0.1, -0.05) is 60.7 Å². The van der Waals surface area contributed by atoms with Crippen LogP contribution >= 0.6 is 0 Å². The Bertz CT molecular complexity index is 1320. The minimum Gasteiger partial charge on any atom is -0.507 e. The molecular weight excluding hydrogens is 428 g/mol. The lowest BCUT2D eigenvalue weighted by Crippen LogP contribution is -2.34. The molecule has 0 spiro atoms. The van der Waals surface area contributed by atoms with Crippen molar-refractivity contribution >= 4 is 11.6 Å². The molecule has 6 nitrogen and oxygen atoms in total. The molecule has 34 heavy (non-hydrogen) atoms. The highest BCUT2D eigenvalue weighted by Gasteiger charge is 2.45. The predicted octanol–water partition coefficient (Wildman–Crippen LogP) is 4.83. The molecular formula is C28H22N2O4. The van der Waals surface area contributed by atoms with E-state index in [1.807, 2.05) is 72.8 Å². The summed E-state index contributed by atoms with van der Waals surface area (Å²) in [6.45, 7) is 0.836. The van der Waals surface area contributed by atoms with E-state index < -0.39 is 5.92 Å². The number of ether oxygens (including phenoxy) is 2. The zero-order chi connectivity index (χ0) is 23.1. The molecule has 6 heteroatoms. The Morgan fingerprint density at radius 1 is 0.853 bits per heavy atom. The standard InChI is InChI=1S/C28H22N2O4/c31-22-17-24-23(33-14-15-34-24)16-20(22)25-26-21(12-7-13-29-26)30(28(25)32)27(18-8-3-1-4-9-18)19-10-5-2-6-11-19/h1-13,16-17,25,27,31H,14-15H2. The first-order valence-electron chi connectivity index (χ1n) is 11.2. The molecule has 0 bridgehead atoms. The van der Waals surface area contributed by atoms with Crippen LogP contribution in [-0.4, -0.2) is 29.2 Å². The Hall–Kier alpha value is -4.32. The third-order valence-electron chi connectivity index (χ3n) is 6.32. The summed E-state index contributed by atoms with van der Waals surface area (Å²) >= 11 is 0. The van der Waals surface area contributed by atoms with E-state index in [1.54, 1.807) is 17.2 Å². The topological polar surface area (TPSA) is 71.9 Å². The van der Waals surface area contributed by atoms with Gasteiger partial charge in [0.15, 0.2) is 11.5 Å². The van der Waals surface area contributed by atoms with E-state index >= 15 is 0 Å². The van der Waals surface area contributed by atoms with Gasteiger partial charge in [0.05, 0.1) is 17.4 Å². The molecule has 0 radical (unpaired) electrons. The number of hydrogen-bond donors (Lipinski definition) is 1. The first kappa shape index (κ1) is 20.3. The van der Waals surface area contributed by atoms with Crippen molar-refractivity contribution in [2.24, 2.45) is 0 Å². The molecule has 2 aliphatic heterocycles. The molecule has 3 aromatic carbocycles.